The van der Waals surface area contributed by atoms with Crippen molar-refractivity contribution >= 4 is 27.7 Å². The van der Waals surface area contributed by atoms with Gasteiger partial charge in [-0.15, -0.1) is 0 Å². The van der Waals surface area contributed by atoms with Gasteiger partial charge in [0.25, 0.3) is 5.91 Å². The number of rotatable bonds is 7. The third-order valence-electron chi connectivity index (χ3n) is 2.65. The first kappa shape index (κ1) is 16.7. The van der Waals surface area contributed by atoms with Crippen molar-refractivity contribution in [3.63, 3.8) is 0 Å². The summed E-state index contributed by atoms with van der Waals surface area (Å²) >= 11 is 3.31. The molecule has 0 bridgehead atoms. The second-order valence-corrected chi connectivity index (χ2v) is 5.55. The Morgan fingerprint density at radius 1 is 1.30 bits per heavy atom. The summed E-state index contributed by atoms with van der Waals surface area (Å²) in [7, 11) is 0. The van der Waals surface area contributed by atoms with Gasteiger partial charge in [-0.25, -0.2) is 0 Å². The van der Waals surface area contributed by atoms with Gasteiger partial charge in [-0.05, 0) is 31.5 Å². The summed E-state index contributed by atoms with van der Waals surface area (Å²) in [6, 6.07) is 7.17. The maximum absolute atomic E-state index is 11.8. The molecule has 0 aromatic heterocycles. The fraction of sp³-hybridized carbons (Fsp3) is 0.429. The van der Waals surface area contributed by atoms with E-state index in [9.17, 15) is 9.59 Å². The van der Waals surface area contributed by atoms with Crippen LogP contribution in [0.3, 0.4) is 0 Å². The molecule has 0 saturated carbocycles. The van der Waals surface area contributed by atoms with Crippen LogP contribution < -0.4 is 16.4 Å². The zero-order chi connectivity index (χ0) is 15.0. The van der Waals surface area contributed by atoms with E-state index in [-0.39, 0.29) is 17.9 Å². The summed E-state index contributed by atoms with van der Waals surface area (Å²) in [5.41, 5.74) is 6.16. The van der Waals surface area contributed by atoms with Crippen LogP contribution in [0.15, 0.2) is 28.7 Å². The first-order valence-electron chi connectivity index (χ1n) is 6.55. The molecule has 1 aromatic rings. The van der Waals surface area contributed by atoms with Gasteiger partial charge in [-0.1, -0.05) is 22.0 Å². The Morgan fingerprint density at radius 2 is 2.00 bits per heavy atom. The average Bonchev–Trinajstić information content (AvgIpc) is 2.41. The third kappa shape index (κ3) is 6.68. The maximum Gasteiger partial charge on any atom is 0.251 e. The van der Waals surface area contributed by atoms with Gasteiger partial charge in [0.1, 0.15) is 0 Å². The van der Waals surface area contributed by atoms with Gasteiger partial charge in [-0.3, -0.25) is 9.59 Å². The Labute approximate surface area is 127 Å². The summed E-state index contributed by atoms with van der Waals surface area (Å²) in [6.45, 7) is 2.68. The van der Waals surface area contributed by atoms with Crippen LogP contribution >= 0.6 is 15.9 Å². The number of nitrogens with two attached hydrogens (primary N) is 1. The molecule has 6 heteroatoms. The predicted octanol–water partition coefficient (Wildman–Crippen LogP) is 1.42. The molecule has 0 aliphatic rings. The number of halogens is 1. The lowest BCUT2D eigenvalue weighted by Gasteiger charge is -2.08. The molecule has 1 aromatic carbocycles. The Kier molecular flexibility index (Phi) is 7.25. The molecule has 0 aliphatic heterocycles. The van der Waals surface area contributed by atoms with E-state index in [2.05, 4.69) is 26.6 Å². The normalized spacial score (nSPS) is 11.8. The molecular weight excluding hydrogens is 322 g/mol. The van der Waals surface area contributed by atoms with Crippen LogP contribution in [-0.4, -0.2) is 30.9 Å². The fourth-order valence-corrected chi connectivity index (χ4v) is 1.96. The summed E-state index contributed by atoms with van der Waals surface area (Å²) < 4.78 is 0.856. The highest BCUT2D eigenvalue weighted by atomic mass is 79.9. The van der Waals surface area contributed by atoms with Gasteiger partial charge in [0.2, 0.25) is 5.91 Å². The van der Waals surface area contributed by atoms with Crippen LogP contribution in [0.5, 0.6) is 0 Å². The lowest BCUT2D eigenvalue weighted by molar-refractivity contribution is -0.121. The van der Waals surface area contributed by atoms with Crippen LogP contribution in [0.4, 0.5) is 0 Å². The van der Waals surface area contributed by atoms with Crippen LogP contribution in [0.25, 0.3) is 0 Å². The molecular formula is C14H20BrN3O2. The number of nitrogens with one attached hydrogen (secondary N) is 2. The Balaban J connectivity index is 2.21. The molecule has 0 radical (unpaired) electrons. The SMILES string of the molecule is CC(N)CCC(=O)NCCNC(=O)c1cccc(Br)c1. The molecule has 1 unspecified atom stereocenters. The van der Waals surface area contributed by atoms with E-state index in [4.69, 9.17) is 5.73 Å². The molecule has 4 N–H and O–H groups in total. The molecule has 0 saturated heterocycles. The van der Waals surface area contributed by atoms with Crippen molar-refractivity contribution in [1.29, 1.82) is 0 Å². The lowest BCUT2D eigenvalue weighted by Crippen LogP contribution is -2.35. The molecule has 2 amide bonds. The summed E-state index contributed by atoms with van der Waals surface area (Å²) in [5.74, 6) is -0.199. The number of carbonyl (C=O) groups is 2. The second kappa shape index (κ2) is 8.71. The minimum Gasteiger partial charge on any atom is -0.354 e. The van der Waals surface area contributed by atoms with E-state index >= 15 is 0 Å². The van der Waals surface area contributed by atoms with E-state index in [1.165, 1.54) is 0 Å². The van der Waals surface area contributed by atoms with Crippen molar-refractivity contribution in [3.05, 3.63) is 34.3 Å². The average molecular weight is 342 g/mol. The minimum absolute atomic E-state index is 0.0250. The predicted molar refractivity (Wildman–Crippen MR) is 82.4 cm³/mol. The van der Waals surface area contributed by atoms with Crippen LogP contribution in [0, 0.1) is 0 Å². The zero-order valence-corrected chi connectivity index (χ0v) is 13.1. The molecule has 0 heterocycles. The molecule has 1 atom stereocenters. The molecule has 1 rings (SSSR count). The van der Waals surface area contributed by atoms with Crippen molar-refractivity contribution < 1.29 is 9.59 Å². The van der Waals surface area contributed by atoms with Crippen molar-refractivity contribution in [2.45, 2.75) is 25.8 Å². The number of amides is 2. The highest BCUT2D eigenvalue weighted by molar-refractivity contribution is 9.10. The van der Waals surface area contributed by atoms with E-state index < -0.39 is 0 Å². The number of carbonyl (C=O) groups excluding carboxylic acids is 2. The molecule has 20 heavy (non-hydrogen) atoms. The van der Waals surface area contributed by atoms with Gasteiger partial charge >= 0.3 is 0 Å². The smallest absolute Gasteiger partial charge is 0.251 e. The Hall–Kier alpha value is -1.40. The standard InChI is InChI=1S/C14H20BrN3O2/c1-10(16)5-6-13(19)17-7-8-18-14(20)11-3-2-4-12(15)9-11/h2-4,9-10H,5-8,16H2,1H3,(H,17,19)(H,18,20). The molecule has 110 valence electrons. The van der Waals surface area contributed by atoms with E-state index in [0.29, 0.717) is 31.5 Å². The maximum atomic E-state index is 11.8. The minimum atomic E-state index is -0.156. The highest BCUT2D eigenvalue weighted by Crippen LogP contribution is 2.11. The van der Waals surface area contributed by atoms with Crippen LogP contribution in [0.1, 0.15) is 30.1 Å². The highest BCUT2D eigenvalue weighted by Gasteiger charge is 2.06. The van der Waals surface area contributed by atoms with Gasteiger partial charge in [0.15, 0.2) is 0 Å². The summed E-state index contributed by atoms with van der Waals surface area (Å²) in [5, 5.41) is 5.48. The Bertz CT molecular complexity index is 463. The van der Waals surface area contributed by atoms with Crippen LogP contribution in [-0.2, 0) is 4.79 Å². The van der Waals surface area contributed by atoms with Crippen molar-refractivity contribution in [2.75, 3.05) is 13.1 Å². The van der Waals surface area contributed by atoms with E-state index in [0.717, 1.165) is 4.47 Å². The third-order valence-corrected chi connectivity index (χ3v) is 3.14. The van der Waals surface area contributed by atoms with Gasteiger partial charge in [0, 0.05) is 35.6 Å². The summed E-state index contributed by atoms with van der Waals surface area (Å²) in [4.78, 5) is 23.2. The molecule has 0 spiro atoms. The van der Waals surface area contributed by atoms with Crippen molar-refractivity contribution in [3.8, 4) is 0 Å². The number of hydrogen-bond donors (Lipinski definition) is 3. The van der Waals surface area contributed by atoms with Gasteiger partial charge in [0.05, 0.1) is 0 Å². The van der Waals surface area contributed by atoms with E-state index in [1.54, 1.807) is 18.2 Å². The van der Waals surface area contributed by atoms with Crippen molar-refractivity contribution in [1.82, 2.24) is 10.6 Å². The van der Waals surface area contributed by atoms with Crippen LogP contribution in [0.2, 0.25) is 0 Å². The topological polar surface area (TPSA) is 84.2 Å². The van der Waals surface area contributed by atoms with Gasteiger partial charge in [-0.2, -0.15) is 0 Å². The number of hydrogen-bond acceptors (Lipinski definition) is 3. The molecule has 0 fully saturated rings. The first-order valence-corrected chi connectivity index (χ1v) is 7.34. The molecule has 5 nitrogen and oxygen atoms in total. The van der Waals surface area contributed by atoms with Gasteiger partial charge < -0.3 is 16.4 Å². The number of benzene rings is 1. The first-order chi connectivity index (χ1) is 9.49. The quantitative estimate of drug-likeness (QED) is 0.656. The zero-order valence-electron chi connectivity index (χ0n) is 11.5. The van der Waals surface area contributed by atoms with E-state index in [1.807, 2.05) is 13.0 Å². The largest absolute Gasteiger partial charge is 0.354 e. The lowest BCUT2D eigenvalue weighted by atomic mass is 10.2. The Morgan fingerprint density at radius 3 is 2.65 bits per heavy atom. The fourth-order valence-electron chi connectivity index (χ4n) is 1.56. The van der Waals surface area contributed by atoms with Crippen molar-refractivity contribution in [2.24, 2.45) is 5.73 Å². The summed E-state index contributed by atoms with van der Waals surface area (Å²) in [6.07, 6.45) is 1.08. The molecule has 0 aliphatic carbocycles. The monoisotopic (exact) mass is 341 g/mol. The second-order valence-electron chi connectivity index (χ2n) is 4.63.